The predicted molar refractivity (Wildman–Crippen MR) is 81.3 cm³/mol. The lowest BCUT2D eigenvalue weighted by atomic mass is 9.68. The maximum atomic E-state index is 12.5. The predicted octanol–water partition coefficient (Wildman–Crippen LogP) is 1.77. The van der Waals surface area contributed by atoms with Gasteiger partial charge in [-0.1, -0.05) is 20.3 Å². The molecule has 8 heteroatoms. The average molecular weight is 331 g/mol. The number of Topliss-reactive ketones (excluding diaryl/α,β-unsaturated/α-hetero) is 1. The monoisotopic (exact) mass is 331 g/mol. The lowest BCUT2D eigenvalue weighted by molar-refractivity contribution is -0.495. The number of ether oxygens (including phenoxy) is 2. The largest absolute Gasteiger partial charge is 0.465 e. The number of nitrogens with zero attached hydrogens (tertiary/aromatic N) is 1. The van der Waals surface area contributed by atoms with E-state index in [0.29, 0.717) is 6.42 Å². The van der Waals surface area contributed by atoms with E-state index in [1.807, 2.05) is 0 Å². The molecule has 132 valence electrons. The first-order valence-electron chi connectivity index (χ1n) is 7.78. The van der Waals surface area contributed by atoms with Crippen molar-refractivity contribution in [1.29, 1.82) is 0 Å². The summed E-state index contributed by atoms with van der Waals surface area (Å²) in [6.45, 7) is 5.56. The Morgan fingerprint density at radius 2 is 1.52 bits per heavy atom. The van der Waals surface area contributed by atoms with Gasteiger partial charge in [0, 0.05) is 11.3 Å². The minimum absolute atomic E-state index is 0.00424. The van der Waals surface area contributed by atoms with Gasteiger partial charge in [-0.25, -0.2) is 0 Å². The second-order valence-electron chi connectivity index (χ2n) is 5.11. The third-order valence-electron chi connectivity index (χ3n) is 3.58. The number of carbonyl (C=O) groups excluding carboxylic acids is 3. The summed E-state index contributed by atoms with van der Waals surface area (Å²) >= 11 is 0. The average Bonchev–Trinajstić information content (AvgIpc) is 2.46. The number of hydrogen-bond acceptors (Lipinski definition) is 7. The van der Waals surface area contributed by atoms with Gasteiger partial charge in [-0.3, -0.25) is 24.5 Å². The molecule has 1 atom stereocenters. The molecule has 0 aromatic rings. The van der Waals surface area contributed by atoms with E-state index in [1.54, 1.807) is 27.7 Å². The number of hydrogen-bond donors (Lipinski definition) is 0. The van der Waals surface area contributed by atoms with Crippen LogP contribution in [-0.2, 0) is 23.9 Å². The lowest BCUT2D eigenvalue weighted by Crippen LogP contribution is -2.51. The van der Waals surface area contributed by atoms with Gasteiger partial charge >= 0.3 is 11.9 Å². The normalized spacial score (nSPS) is 13.3. The SMILES string of the molecule is CCCC(C[N+](=O)[O-])(C(=O)CC)C(C(=O)OCC)C(=O)OCC. The van der Waals surface area contributed by atoms with E-state index in [0.717, 1.165) is 0 Å². The Hall–Kier alpha value is -1.99. The Bertz CT molecular complexity index is 431. The lowest BCUT2D eigenvalue weighted by Gasteiger charge is -2.33. The van der Waals surface area contributed by atoms with E-state index in [2.05, 4.69) is 0 Å². The van der Waals surface area contributed by atoms with Gasteiger partial charge in [-0.05, 0) is 20.3 Å². The Balaban J connectivity index is 6.12. The summed E-state index contributed by atoms with van der Waals surface area (Å²) < 4.78 is 9.77. The van der Waals surface area contributed by atoms with Crippen molar-refractivity contribution in [1.82, 2.24) is 0 Å². The molecule has 0 aliphatic carbocycles. The van der Waals surface area contributed by atoms with Crippen molar-refractivity contribution in [2.24, 2.45) is 11.3 Å². The molecule has 0 saturated heterocycles. The van der Waals surface area contributed by atoms with Gasteiger partial charge < -0.3 is 9.47 Å². The van der Waals surface area contributed by atoms with E-state index in [9.17, 15) is 24.5 Å². The highest BCUT2D eigenvalue weighted by molar-refractivity contribution is 6.02. The van der Waals surface area contributed by atoms with Crippen LogP contribution in [0.2, 0.25) is 0 Å². The van der Waals surface area contributed by atoms with Crippen LogP contribution in [0.15, 0.2) is 0 Å². The van der Waals surface area contributed by atoms with Crippen molar-refractivity contribution >= 4 is 17.7 Å². The molecular formula is C15H25NO7. The van der Waals surface area contributed by atoms with Gasteiger partial charge in [-0.2, -0.15) is 0 Å². The van der Waals surface area contributed by atoms with Gasteiger partial charge in [0.05, 0.1) is 13.2 Å². The first-order chi connectivity index (χ1) is 10.8. The standard InChI is InChI=1S/C15H25NO7/c1-5-9-15(10-16(20)21,11(17)6-2)12(13(18)22-7-3)14(19)23-8-4/h12H,5-10H2,1-4H3. The smallest absolute Gasteiger partial charge is 0.321 e. The maximum absolute atomic E-state index is 12.5. The molecule has 0 fully saturated rings. The Morgan fingerprint density at radius 3 is 1.83 bits per heavy atom. The van der Waals surface area contributed by atoms with Crippen LogP contribution in [0.3, 0.4) is 0 Å². The van der Waals surface area contributed by atoms with E-state index >= 15 is 0 Å². The fourth-order valence-electron chi connectivity index (χ4n) is 2.73. The molecule has 0 aromatic carbocycles. The van der Waals surface area contributed by atoms with Gasteiger partial charge in [0.25, 0.3) is 0 Å². The summed E-state index contributed by atoms with van der Waals surface area (Å²) in [5, 5.41) is 11.1. The van der Waals surface area contributed by atoms with E-state index in [1.165, 1.54) is 0 Å². The quantitative estimate of drug-likeness (QED) is 0.245. The third-order valence-corrected chi connectivity index (χ3v) is 3.58. The van der Waals surface area contributed by atoms with Crippen LogP contribution in [0, 0.1) is 21.4 Å². The van der Waals surface area contributed by atoms with Crippen molar-refractivity contribution in [3.05, 3.63) is 10.1 Å². The first kappa shape index (κ1) is 21.0. The molecule has 0 heterocycles. The molecule has 1 unspecified atom stereocenters. The number of esters is 2. The fourth-order valence-corrected chi connectivity index (χ4v) is 2.73. The molecule has 0 bridgehead atoms. The number of carbonyl (C=O) groups is 3. The third kappa shape index (κ3) is 5.30. The van der Waals surface area contributed by atoms with Crippen LogP contribution < -0.4 is 0 Å². The topological polar surface area (TPSA) is 113 Å². The van der Waals surface area contributed by atoms with Crippen LogP contribution in [0.4, 0.5) is 0 Å². The molecule has 0 radical (unpaired) electrons. The van der Waals surface area contributed by atoms with Crippen LogP contribution in [0.1, 0.15) is 47.0 Å². The zero-order valence-corrected chi connectivity index (χ0v) is 14.1. The highest BCUT2D eigenvalue weighted by atomic mass is 16.6. The van der Waals surface area contributed by atoms with E-state index in [4.69, 9.17) is 9.47 Å². The zero-order valence-electron chi connectivity index (χ0n) is 14.1. The molecule has 0 rings (SSSR count). The molecule has 8 nitrogen and oxygen atoms in total. The molecule has 0 N–H and O–H groups in total. The Labute approximate surface area is 135 Å². The molecule has 0 amide bonds. The van der Waals surface area contributed by atoms with Crippen molar-refractivity contribution in [2.45, 2.75) is 47.0 Å². The molecule has 0 saturated carbocycles. The molecular weight excluding hydrogens is 306 g/mol. The maximum Gasteiger partial charge on any atom is 0.321 e. The van der Waals surface area contributed by atoms with Gasteiger partial charge in [0.15, 0.2) is 5.92 Å². The van der Waals surface area contributed by atoms with Crippen LogP contribution >= 0.6 is 0 Å². The summed E-state index contributed by atoms with van der Waals surface area (Å²) in [5.41, 5.74) is -1.74. The summed E-state index contributed by atoms with van der Waals surface area (Å²) in [6, 6.07) is 0. The minimum atomic E-state index is -1.74. The Morgan fingerprint density at radius 1 is 1.04 bits per heavy atom. The highest BCUT2D eigenvalue weighted by Crippen LogP contribution is 2.38. The fraction of sp³-hybridized carbons (Fsp3) is 0.800. The first-order valence-corrected chi connectivity index (χ1v) is 7.78. The van der Waals surface area contributed by atoms with E-state index in [-0.39, 0.29) is 26.1 Å². The molecule has 0 aliphatic rings. The number of nitro groups is 1. The number of rotatable bonds is 11. The molecule has 23 heavy (non-hydrogen) atoms. The summed E-state index contributed by atoms with van der Waals surface area (Å²) in [5.74, 6) is -4.05. The molecule has 0 spiro atoms. The van der Waals surface area contributed by atoms with Gasteiger partial charge in [-0.15, -0.1) is 0 Å². The van der Waals surface area contributed by atoms with E-state index < -0.39 is 40.5 Å². The second-order valence-corrected chi connectivity index (χ2v) is 5.11. The second kappa shape index (κ2) is 9.91. The Kier molecular flexibility index (Phi) is 9.05. The summed E-state index contributed by atoms with van der Waals surface area (Å²) in [6.07, 6.45) is 0.404. The molecule has 0 aromatic heterocycles. The summed E-state index contributed by atoms with van der Waals surface area (Å²) in [4.78, 5) is 47.5. The van der Waals surface area contributed by atoms with Gasteiger partial charge in [0.1, 0.15) is 11.2 Å². The van der Waals surface area contributed by atoms with Crippen molar-refractivity contribution in [3.63, 3.8) is 0 Å². The zero-order chi connectivity index (χ0) is 18.0. The highest BCUT2D eigenvalue weighted by Gasteiger charge is 2.56. The molecule has 0 aliphatic heterocycles. The van der Waals surface area contributed by atoms with Crippen molar-refractivity contribution in [3.8, 4) is 0 Å². The summed E-state index contributed by atoms with van der Waals surface area (Å²) in [7, 11) is 0. The van der Waals surface area contributed by atoms with Crippen LogP contribution in [0.25, 0.3) is 0 Å². The number of ketones is 1. The van der Waals surface area contributed by atoms with Crippen LogP contribution in [-0.4, -0.2) is 42.4 Å². The van der Waals surface area contributed by atoms with Crippen molar-refractivity contribution in [2.75, 3.05) is 19.8 Å². The van der Waals surface area contributed by atoms with Crippen LogP contribution in [0.5, 0.6) is 0 Å². The van der Waals surface area contributed by atoms with Crippen molar-refractivity contribution < 1.29 is 28.8 Å². The van der Waals surface area contributed by atoms with Gasteiger partial charge in [0.2, 0.25) is 6.54 Å². The minimum Gasteiger partial charge on any atom is -0.465 e.